The van der Waals surface area contributed by atoms with E-state index in [9.17, 15) is 14.9 Å². The molecule has 178 valence electrons. The molecule has 0 saturated heterocycles. The van der Waals surface area contributed by atoms with E-state index in [0.29, 0.717) is 51.6 Å². The summed E-state index contributed by atoms with van der Waals surface area (Å²) in [5.74, 6) is 1.48. The number of nitro benzene ring substituents is 1. The molecule has 2 N–H and O–H groups in total. The molecule has 0 unspecified atom stereocenters. The Kier molecular flexibility index (Phi) is 6.72. The molecule has 1 aromatic heterocycles. The van der Waals surface area contributed by atoms with Gasteiger partial charge < -0.3 is 20.1 Å². The number of nitrogens with one attached hydrogen (secondary N) is 2. The second kappa shape index (κ2) is 10.0. The van der Waals surface area contributed by atoms with Gasteiger partial charge in [0.05, 0.1) is 35.9 Å². The average molecular weight is 473 g/mol. The minimum atomic E-state index is -0.504. The Labute approximate surface area is 201 Å². The first-order chi connectivity index (χ1) is 16.9. The number of nitro groups is 1. The zero-order chi connectivity index (χ0) is 24.9. The maximum Gasteiger partial charge on any atom is 0.271 e. The van der Waals surface area contributed by atoms with Crippen LogP contribution in [0.1, 0.15) is 21.5 Å². The summed E-state index contributed by atoms with van der Waals surface area (Å²) in [5.41, 5.74) is 2.63. The summed E-state index contributed by atoms with van der Waals surface area (Å²) in [6, 6.07) is 15.1. The molecular formula is C25H23N5O5. The van der Waals surface area contributed by atoms with Gasteiger partial charge in [0.1, 0.15) is 23.6 Å². The van der Waals surface area contributed by atoms with Crippen LogP contribution in [-0.4, -0.2) is 35.0 Å². The lowest BCUT2D eigenvalue weighted by molar-refractivity contribution is -0.384. The van der Waals surface area contributed by atoms with Crippen molar-refractivity contribution in [1.82, 2.24) is 9.97 Å². The van der Waals surface area contributed by atoms with E-state index in [0.717, 1.165) is 5.56 Å². The Morgan fingerprint density at radius 2 is 1.89 bits per heavy atom. The van der Waals surface area contributed by atoms with Crippen molar-refractivity contribution in [3.63, 3.8) is 0 Å². The lowest BCUT2D eigenvalue weighted by atomic mass is 10.1. The highest BCUT2D eigenvalue weighted by Crippen LogP contribution is 2.28. The van der Waals surface area contributed by atoms with E-state index in [-0.39, 0.29) is 5.69 Å². The van der Waals surface area contributed by atoms with Crippen molar-refractivity contribution >= 4 is 34.0 Å². The number of carbonyl (C=O) groups is 1. The zero-order valence-electron chi connectivity index (χ0n) is 19.4. The second-order valence-corrected chi connectivity index (χ2v) is 7.67. The van der Waals surface area contributed by atoms with Gasteiger partial charge in [0.15, 0.2) is 0 Å². The lowest BCUT2D eigenvalue weighted by Gasteiger charge is -2.14. The summed E-state index contributed by atoms with van der Waals surface area (Å²) in [4.78, 5) is 32.4. The van der Waals surface area contributed by atoms with Crippen LogP contribution in [-0.2, 0) is 6.54 Å². The molecule has 0 bridgehead atoms. The molecule has 4 rings (SSSR count). The average Bonchev–Trinajstić information content (AvgIpc) is 2.87. The summed E-state index contributed by atoms with van der Waals surface area (Å²) in [6.07, 6.45) is 1.38. The molecule has 1 heterocycles. The first-order valence-electron chi connectivity index (χ1n) is 10.7. The quantitative estimate of drug-likeness (QED) is 0.278. The number of amides is 1. The van der Waals surface area contributed by atoms with Crippen molar-refractivity contribution in [3.8, 4) is 11.5 Å². The summed E-state index contributed by atoms with van der Waals surface area (Å²) in [6.45, 7) is 2.18. The normalized spacial score (nSPS) is 10.6. The fraction of sp³-hybridized carbons (Fsp3) is 0.160. The Hall–Kier alpha value is -4.73. The van der Waals surface area contributed by atoms with E-state index < -0.39 is 10.8 Å². The van der Waals surface area contributed by atoms with Crippen LogP contribution in [0.4, 0.5) is 17.2 Å². The monoisotopic (exact) mass is 473 g/mol. The number of nitrogens with zero attached hydrogens (tertiary/aromatic N) is 3. The van der Waals surface area contributed by atoms with Crippen LogP contribution in [0.2, 0.25) is 0 Å². The predicted molar refractivity (Wildman–Crippen MR) is 132 cm³/mol. The second-order valence-electron chi connectivity index (χ2n) is 7.67. The van der Waals surface area contributed by atoms with Crippen LogP contribution in [0.25, 0.3) is 10.9 Å². The van der Waals surface area contributed by atoms with Gasteiger partial charge in [-0.05, 0) is 36.8 Å². The molecule has 0 saturated carbocycles. The summed E-state index contributed by atoms with van der Waals surface area (Å²) >= 11 is 0. The number of carbonyl (C=O) groups excluding carboxylic acids is 1. The molecule has 10 nitrogen and oxygen atoms in total. The number of fused-ring (bicyclic) bond motifs is 1. The van der Waals surface area contributed by atoms with E-state index >= 15 is 0 Å². The molecule has 0 fully saturated rings. The molecule has 0 aliphatic carbocycles. The SMILES string of the molecule is COc1ccc(CNc2ncnc3c(C(=O)Nc4cc([N+](=O)[O-])ccc4C)cccc23)c(OC)c1. The summed E-state index contributed by atoms with van der Waals surface area (Å²) in [7, 11) is 3.18. The number of non-ortho nitro benzene ring substituents is 1. The van der Waals surface area contributed by atoms with Crippen molar-refractivity contribution in [2.24, 2.45) is 0 Å². The van der Waals surface area contributed by atoms with Crippen molar-refractivity contribution in [2.45, 2.75) is 13.5 Å². The van der Waals surface area contributed by atoms with Crippen molar-refractivity contribution < 1.29 is 19.2 Å². The molecule has 4 aromatic rings. The van der Waals surface area contributed by atoms with Gasteiger partial charge in [-0.3, -0.25) is 14.9 Å². The maximum atomic E-state index is 13.1. The van der Waals surface area contributed by atoms with Gasteiger partial charge in [-0.2, -0.15) is 0 Å². The first-order valence-corrected chi connectivity index (χ1v) is 10.7. The number of anilines is 2. The third kappa shape index (κ3) is 4.96. The van der Waals surface area contributed by atoms with Gasteiger partial charge in [-0.1, -0.05) is 12.1 Å². The first kappa shape index (κ1) is 23.4. The number of ether oxygens (including phenoxy) is 2. The van der Waals surface area contributed by atoms with E-state index in [1.807, 2.05) is 18.2 Å². The summed E-state index contributed by atoms with van der Waals surface area (Å²) in [5, 5.41) is 17.8. The number of benzene rings is 3. The topological polar surface area (TPSA) is 129 Å². The van der Waals surface area contributed by atoms with Crippen molar-refractivity contribution in [1.29, 1.82) is 0 Å². The van der Waals surface area contributed by atoms with Crippen molar-refractivity contribution in [3.05, 3.63) is 87.7 Å². The Morgan fingerprint density at radius 1 is 1.06 bits per heavy atom. The number of rotatable bonds is 8. The summed E-state index contributed by atoms with van der Waals surface area (Å²) < 4.78 is 10.7. The lowest BCUT2D eigenvalue weighted by Crippen LogP contribution is -2.14. The number of hydrogen-bond acceptors (Lipinski definition) is 8. The number of hydrogen-bond donors (Lipinski definition) is 2. The standard InChI is InChI=1S/C25H23N5O5/c1-15-7-9-17(30(32)33)11-21(15)29-25(31)20-6-4-5-19-23(20)27-14-28-24(19)26-13-16-8-10-18(34-2)12-22(16)35-3/h4-12,14H,13H2,1-3H3,(H,29,31)(H,26,27,28). The van der Waals surface area contributed by atoms with E-state index in [4.69, 9.17) is 9.47 Å². The molecule has 0 aliphatic heterocycles. The number of aryl methyl sites for hydroxylation is 1. The number of methoxy groups -OCH3 is 2. The van der Waals surface area contributed by atoms with Gasteiger partial charge in [0.2, 0.25) is 0 Å². The smallest absolute Gasteiger partial charge is 0.271 e. The number of para-hydroxylation sites is 1. The molecule has 0 aliphatic rings. The van der Waals surface area contributed by atoms with E-state index in [1.54, 1.807) is 45.4 Å². The van der Waals surface area contributed by atoms with Crippen molar-refractivity contribution in [2.75, 3.05) is 24.9 Å². The van der Waals surface area contributed by atoms with E-state index in [1.165, 1.54) is 18.5 Å². The zero-order valence-corrected chi connectivity index (χ0v) is 19.4. The Balaban J connectivity index is 1.61. The third-order valence-electron chi connectivity index (χ3n) is 5.53. The van der Waals surface area contributed by atoms with Crippen LogP contribution < -0.4 is 20.1 Å². The molecule has 35 heavy (non-hydrogen) atoms. The minimum absolute atomic E-state index is 0.105. The molecule has 10 heteroatoms. The van der Waals surface area contributed by atoms with Gasteiger partial charge >= 0.3 is 0 Å². The van der Waals surface area contributed by atoms with Crippen LogP contribution in [0.15, 0.2) is 60.9 Å². The highest BCUT2D eigenvalue weighted by atomic mass is 16.6. The van der Waals surface area contributed by atoms with Crippen LogP contribution in [0.3, 0.4) is 0 Å². The Bertz CT molecular complexity index is 1420. The highest BCUT2D eigenvalue weighted by molar-refractivity contribution is 6.13. The molecule has 0 radical (unpaired) electrons. The van der Waals surface area contributed by atoms with Gasteiger partial charge in [-0.15, -0.1) is 0 Å². The minimum Gasteiger partial charge on any atom is -0.497 e. The van der Waals surface area contributed by atoms with Crippen LogP contribution >= 0.6 is 0 Å². The van der Waals surface area contributed by atoms with Gasteiger partial charge in [0.25, 0.3) is 11.6 Å². The predicted octanol–water partition coefficient (Wildman–Crippen LogP) is 4.73. The molecule has 0 spiro atoms. The highest BCUT2D eigenvalue weighted by Gasteiger charge is 2.17. The fourth-order valence-electron chi connectivity index (χ4n) is 3.64. The Morgan fingerprint density at radius 3 is 2.63 bits per heavy atom. The van der Waals surface area contributed by atoms with Gasteiger partial charge in [-0.25, -0.2) is 9.97 Å². The molecule has 3 aromatic carbocycles. The molecular weight excluding hydrogens is 450 g/mol. The largest absolute Gasteiger partial charge is 0.497 e. The maximum absolute atomic E-state index is 13.1. The van der Waals surface area contributed by atoms with Crippen LogP contribution in [0, 0.1) is 17.0 Å². The van der Waals surface area contributed by atoms with E-state index in [2.05, 4.69) is 20.6 Å². The van der Waals surface area contributed by atoms with Crippen LogP contribution in [0.5, 0.6) is 11.5 Å². The number of aromatic nitrogens is 2. The molecule has 1 amide bonds. The fourth-order valence-corrected chi connectivity index (χ4v) is 3.64. The van der Waals surface area contributed by atoms with Gasteiger partial charge in [0, 0.05) is 35.7 Å². The third-order valence-corrected chi connectivity index (χ3v) is 5.53. The molecule has 0 atom stereocenters.